The zero-order valence-electron chi connectivity index (χ0n) is 11.1. The summed E-state index contributed by atoms with van der Waals surface area (Å²) >= 11 is 0. The van der Waals surface area contributed by atoms with E-state index >= 15 is 0 Å². The van der Waals surface area contributed by atoms with E-state index in [1.165, 1.54) is 11.1 Å². The van der Waals surface area contributed by atoms with Gasteiger partial charge in [0.05, 0.1) is 6.61 Å². The molecule has 0 aromatic heterocycles. The molecule has 0 amide bonds. The minimum atomic E-state index is 0.127. The van der Waals surface area contributed by atoms with Crippen LogP contribution in [0.2, 0.25) is 0 Å². The minimum absolute atomic E-state index is 0.127. The summed E-state index contributed by atoms with van der Waals surface area (Å²) in [7, 11) is 0. The van der Waals surface area contributed by atoms with Gasteiger partial charge >= 0.3 is 0 Å². The Morgan fingerprint density at radius 1 is 1.24 bits per heavy atom. The van der Waals surface area contributed by atoms with Crippen LogP contribution in [0.15, 0.2) is 18.2 Å². The number of ether oxygens (including phenoxy) is 1. The molecule has 0 aliphatic carbocycles. The van der Waals surface area contributed by atoms with Crippen LogP contribution in [-0.4, -0.2) is 6.61 Å². The van der Waals surface area contributed by atoms with Crippen molar-refractivity contribution in [3.8, 4) is 5.75 Å². The lowest BCUT2D eigenvalue weighted by molar-refractivity contribution is 0.287. The first kappa shape index (κ1) is 12.4. The summed E-state index contributed by atoms with van der Waals surface area (Å²) in [5, 5.41) is 0. The predicted octanol–water partition coefficient (Wildman–Crippen LogP) is 3.30. The van der Waals surface area contributed by atoms with E-state index in [1.807, 2.05) is 0 Å². The molecule has 2 N–H and O–H groups in total. The zero-order chi connectivity index (χ0) is 12.4. The fourth-order valence-electron chi connectivity index (χ4n) is 2.31. The lowest BCUT2D eigenvalue weighted by Gasteiger charge is -2.25. The Bertz CT molecular complexity index is 387. The van der Waals surface area contributed by atoms with Gasteiger partial charge in [0.15, 0.2) is 0 Å². The van der Waals surface area contributed by atoms with Crippen molar-refractivity contribution < 1.29 is 4.74 Å². The monoisotopic (exact) mass is 233 g/mol. The topological polar surface area (TPSA) is 35.2 Å². The normalized spacial score (nSPS) is 18.4. The number of rotatable bonds is 3. The molecule has 2 unspecified atom stereocenters. The summed E-state index contributed by atoms with van der Waals surface area (Å²) in [6.45, 7) is 7.53. The van der Waals surface area contributed by atoms with Crippen molar-refractivity contribution in [3.63, 3.8) is 0 Å². The van der Waals surface area contributed by atoms with E-state index in [2.05, 4.69) is 39.0 Å². The van der Waals surface area contributed by atoms with Crippen LogP contribution in [0.4, 0.5) is 0 Å². The Kier molecular flexibility index (Phi) is 3.72. The largest absolute Gasteiger partial charge is 0.493 e. The van der Waals surface area contributed by atoms with E-state index in [4.69, 9.17) is 10.5 Å². The van der Waals surface area contributed by atoms with Gasteiger partial charge in [0.1, 0.15) is 5.75 Å². The van der Waals surface area contributed by atoms with Crippen molar-refractivity contribution >= 4 is 0 Å². The highest BCUT2D eigenvalue weighted by Crippen LogP contribution is 2.31. The predicted molar refractivity (Wildman–Crippen MR) is 71.2 cm³/mol. The Hall–Kier alpha value is -1.02. The van der Waals surface area contributed by atoms with Crippen molar-refractivity contribution in [1.29, 1.82) is 0 Å². The maximum atomic E-state index is 6.33. The molecule has 0 saturated carbocycles. The van der Waals surface area contributed by atoms with Gasteiger partial charge in [0, 0.05) is 6.04 Å². The zero-order valence-corrected chi connectivity index (χ0v) is 11.1. The minimum Gasteiger partial charge on any atom is -0.493 e. The second-order valence-electron chi connectivity index (χ2n) is 5.45. The second-order valence-corrected chi connectivity index (χ2v) is 5.45. The molecule has 2 rings (SSSR count). The highest BCUT2D eigenvalue weighted by Gasteiger charge is 2.20. The summed E-state index contributed by atoms with van der Waals surface area (Å²) in [5.41, 5.74) is 8.90. The van der Waals surface area contributed by atoms with Gasteiger partial charge in [-0.2, -0.15) is 0 Å². The quantitative estimate of drug-likeness (QED) is 0.869. The van der Waals surface area contributed by atoms with Gasteiger partial charge in [-0.25, -0.2) is 0 Å². The average Bonchev–Trinajstić information content (AvgIpc) is 2.36. The Balaban J connectivity index is 2.21. The summed E-state index contributed by atoms with van der Waals surface area (Å²) in [6.07, 6.45) is 2.23. The SMILES string of the molecule is CC(C)C(C)C(N)c1ccc2c(c1)CCCO2. The number of benzene rings is 1. The highest BCUT2D eigenvalue weighted by molar-refractivity contribution is 5.39. The smallest absolute Gasteiger partial charge is 0.122 e. The van der Waals surface area contributed by atoms with Gasteiger partial charge in [-0.1, -0.05) is 32.9 Å². The van der Waals surface area contributed by atoms with E-state index < -0.39 is 0 Å². The van der Waals surface area contributed by atoms with Crippen molar-refractivity contribution in [2.45, 2.75) is 39.7 Å². The van der Waals surface area contributed by atoms with Crippen LogP contribution in [0.1, 0.15) is 44.4 Å². The Labute approximate surface area is 104 Å². The lowest BCUT2D eigenvalue weighted by Crippen LogP contribution is -2.23. The summed E-state index contributed by atoms with van der Waals surface area (Å²) < 4.78 is 5.63. The van der Waals surface area contributed by atoms with Gasteiger partial charge in [-0.3, -0.25) is 0 Å². The van der Waals surface area contributed by atoms with Gasteiger partial charge in [-0.15, -0.1) is 0 Å². The molecule has 1 aliphatic heterocycles. The van der Waals surface area contributed by atoms with Crippen molar-refractivity contribution in [2.75, 3.05) is 6.61 Å². The number of hydrogen-bond acceptors (Lipinski definition) is 2. The van der Waals surface area contributed by atoms with Crippen LogP contribution in [0.5, 0.6) is 5.75 Å². The maximum Gasteiger partial charge on any atom is 0.122 e. The van der Waals surface area contributed by atoms with Gasteiger partial charge in [0.25, 0.3) is 0 Å². The van der Waals surface area contributed by atoms with Crippen LogP contribution in [-0.2, 0) is 6.42 Å². The molecule has 2 nitrogen and oxygen atoms in total. The van der Waals surface area contributed by atoms with E-state index in [0.717, 1.165) is 25.2 Å². The summed E-state index contributed by atoms with van der Waals surface area (Å²) in [4.78, 5) is 0. The van der Waals surface area contributed by atoms with Crippen molar-refractivity contribution in [3.05, 3.63) is 29.3 Å². The molecule has 0 saturated heterocycles. The Morgan fingerprint density at radius 2 is 2.00 bits per heavy atom. The van der Waals surface area contributed by atoms with Gasteiger partial charge in [-0.05, 0) is 41.9 Å². The van der Waals surface area contributed by atoms with Crippen LogP contribution in [0.3, 0.4) is 0 Å². The Morgan fingerprint density at radius 3 is 2.71 bits per heavy atom. The molecule has 2 atom stereocenters. The molecule has 94 valence electrons. The molecular weight excluding hydrogens is 210 g/mol. The first-order valence-electron chi connectivity index (χ1n) is 6.61. The van der Waals surface area contributed by atoms with Crippen LogP contribution < -0.4 is 10.5 Å². The van der Waals surface area contributed by atoms with E-state index in [0.29, 0.717) is 11.8 Å². The molecule has 1 aromatic rings. The molecule has 17 heavy (non-hydrogen) atoms. The number of nitrogens with two attached hydrogens (primary N) is 1. The third-order valence-corrected chi connectivity index (χ3v) is 3.94. The number of aryl methyl sites for hydroxylation is 1. The maximum absolute atomic E-state index is 6.33. The van der Waals surface area contributed by atoms with Crippen LogP contribution in [0, 0.1) is 11.8 Å². The molecule has 1 heterocycles. The number of hydrogen-bond donors (Lipinski definition) is 1. The van der Waals surface area contributed by atoms with Gasteiger partial charge < -0.3 is 10.5 Å². The van der Waals surface area contributed by atoms with E-state index in [-0.39, 0.29) is 6.04 Å². The molecule has 0 radical (unpaired) electrons. The molecule has 2 heteroatoms. The van der Waals surface area contributed by atoms with Crippen LogP contribution >= 0.6 is 0 Å². The fraction of sp³-hybridized carbons (Fsp3) is 0.600. The average molecular weight is 233 g/mol. The third-order valence-electron chi connectivity index (χ3n) is 3.94. The lowest BCUT2D eigenvalue weighted by atomic mass is 9.86. The van der Waals surface area contributed by atoms with Crippen LogP contribution in [0.25, 0.3) is 0 Å². The first-order valence-corrected chi connectivity index (χ1v) is 6.61. The standard InChI is InChI=1S/C15H23NO/c1-10(2)11(3)15(16)13-6-7-14-12(9-13)5-4-8-17-14/h6-7,9-11,15H,4-5,8,16H2,1-3H3. The summed E-state index contributed by atoms with van der Waals surface area (Å²) in [6, 6.07) is 6.56. The number of fused-ring (bicyclic) bond motifs is 1. The second kappa shape index (κ2) is 5.09. The third kappa shape index (κ3) is 2.63. The van der Waals surface area contributed by atoms with Crippen molar-refractivity contribution in [1.82, 2.24) is 0 Å². The molecule has 0 spiro atoms. The summed E-state index contributed by atoms with van der Waals surface area (Å²) in [5.74, 6) is 2.15. The molecule has 1 aliphatic rings. The molecule has 0 fully saturated rings. The van der Waals surface area contributed by atoms with Gasteiger partial charge in [0.2, 0.25) is 0 Å². The first-order chi connectivity index (χ1) is 8.09. The van der Waals surface area contributed by atoms with Crippen molar-refractivity contribution in [2.24, 2.45) is 17.6 Å². The molecular formula is C15H23NO. The van der Waals surface area contributed by atoms with E-state index in [1.54, 1.807) is 0 Å². The molecule has 0 bridgehead atoms. The van der Waals surface area contributed by atoms with E-state index in [9.17, 15) is 0 Å². The fourth-order valence-corrected chi connectivity index (χ4v) is 2.31. The molecule has 1 aromatic carbocycles. The highest BCUT2D eigenvalue weighted by atomic mass is 16.5.